The van der Waals surface area contributed by atoms with Crippen LogP contribution in [0.1, 0.15) is 94.1 Å². The van der Waals surface area contributed by atoms with Crippen molar-refractivity contribution in [2.45, 2.75) is 130 Å². The molecule has 16 nitrogen and oxygen atoms in total. The fourth-order valence-electron chi connectivity index (χ4n) is 4.84. The van der Waals surface area contributed by atoms with Crippen LogP contribution in [-0.2, 0) is 54.1 Å². The predicted octanol–water partition coefficient (Wildman–Crippen LogP) is 6.31. The highest BCUT2D eigenvalue weighted by molar-refractivity contribution is 9.12. The van der Waals surface area contributed by atoms with Gasteiger partial charge in [-0.15, -0.1) is 0 Å². The number of nitrogens with one attached hydrogen (secondary N) is 4. The van der Waals surface area contributed by atoms with E-state index in [1.54, 1.807) is 48.5 Å². The number of carbonyl (C=O) groups excluding carboxylic acids is 6. The molecular formula is C42H69BrN4O12Si. The molecule has 2 atom stereocenters. The number of ether oxygens (including phenoxy) is 5. The van der Waals surface area contributed by atoms with Crippen LogP contribution in [-0.4, -0.2) is 108 Å². The van der Waals surface area contributed by atoms with Crippen molar-refractivity contribution in [2.75, 3.05) is 51.9 Å². The Balaban J connectivity index is 2.89. The van der Waals surface area contributed by atoms with Gasteiger partial charge < -0.3 is 49.4 Å². The van der Waals surface area contributed by atoms with Crippen LogP contribution in [0, 0.1) is 5.92 Å². The van der Waals surface area contributed by atoms with E-state index >= 15 is 0 Å². The number of alkyl carbamates (subject to hydrolysis) is 1. The zero-order valence-corrected chi connectivity index (χ0v) is 40.4. The highest BCUT2D eigenvalue weighted by Gasteiger charge is 2.39. The predicted molar refractivity (Wildman–Crippen MR) is 235 cm³/mol. The molecule has 4 amide bonds. The molecule has 1 rings (SSSR count). The van der Waals surface area contributed by atoms with E-state index in [1.165, 1.54) is 7.11 Å². The number of methoxy groups -OCH3 is 1. The molecule has 0 aliphatic carbocycles. The van der Waals surface area contributed by atoms with Gasteiger partial charge >= 0.3 is 18.0 Å². The van der Waals surface area contributed by atoms with Crippen LogP contribution in [0.5, 0.6) is 5.75 Å². The normalized spacial score (nSPS) is 13.3. The van der Waals surface area contributed by atoms with Gasteiger partial charge in [0.2, 0.25) is 11.8 Å². The second-order valence-corrected chi connectivity index (χ2v) is 23.4. The lowest BCUT2D eigenvalue weighted by Gasteiger charge is -2.37. The van der Waals surface area contributed by atoms with Crippen molar-refractivity contribution in [3.05, 3.63) is 34.3 Å². The summed E-state index contributed by atoms with van der Waals surface area (Å²) in [5.41, 5.74) is -0.124. The van der Waals surface area contributed by atoms with Gasteiger partial charge in [-0.25, -0.2) is 4.79 Å². The molecule has 0 saturated heterocycles. The molecule has 0 fully saturated rings. The molecule has 0 saturated carbocycles. The maximum absolute atomic E-state index is 13.2. The molecule has 0 aromatic heterocycles. The van der Waals surface area contributed by atoms with E-state index in [0.717, 1.165) is 11.6 Å². The second kappa shape index (κ2) is 25.1. The maximum Gasteiger partial charge on any atom is 0.407 e. The fraction of sp³-hybridized carbons (Fsp3) is 0.667. The molecule has 0 heterocycles. The van der Waals surface area contributed by atoms with E-state index in [-0.39, 0.29) is 80.2 Å². The lowest BCUT2D eigenvalue weighted by atomic mass is 9.95. The van der Waals surface area contributed by atoms with Crippen LogP contribution in [0.25, 0.3) is 0 Å². The van der Waals surface area contributed by atoms with Gasteiger partial charge in [0.05, 0.1) is 62.5 Å². The number of halogens is 1. The van der Waals surface area contributed by atoms with Crippen LogP contribution in [0.2, 0.25) is 18.1 Å². The van der Waals surface area contributed by atoms with Gasteiger partial charge in [-0.05, 0) is 106 Å². The molecular weight excluding hydrogens is 860 g/mol. The van der Waals surface area contributed by atoms with Gasteiger partial charge in [0.15, 0.2) is 0 Å². The third-order valence-corrected chi connectivity index (χ3v) is 13.8. The van der Waals surface area contributed by atoms with Crippen molar-refractivity contribution in [3.63, 3.8) is 0 Å². The van der Waals surface area contributed by atoms with E-state index in [2.05, 4.69) is 75.8 Å². The topological polar surface area (TPSA) is 206 Å². The highest BCUT2D eigenvalue weighted by atomic mass is 79.9. The van der Waals surface area contributed by atoms with E-state index in [4.69, 9.17) is 23.4 Å². The fourth-order valence-corrected chi connectivity index (χ4v) is 6.22. The summed E-state index contributed by atoms with van der Waals surface area (Å²) in [6.45, 7) is 24.1. The summed E-state index contributed by atoms with van der Waals surface area (Å²) in [5, 5.41) is 10.9. The molecule has 0 spiro atoms. The van der Waals surface area contributed by atoms with Crippen molar-refractivity contribution in [1.82, 2.24) is 16.0 Å². The molecule has 0 radical (unpaired) electrons. The average Bonchev–Trinajstić information content (AvgIpc) is 3.09. The van der Waals surface area contributed by atoms with Crippen LogP contribution < -0.4 is 25.7 Å². The van der Waals surface area contributed by atoms with Gasteiger partial charge in [0.25, 0.3) is 14.2 Å². The standard InChI is InChI=1S/C42H69BrN4O12Si/c1-28(38(52)57-40(2,3)4)24-30(46-39(53)58-41(5,6)7)25-29-14-15-33(59-60(12,13)42(8,9)10)32(26-29)47-34(48)17-20-55-22-23-56-21-19-44-35(49)27-31(43)37(51)45-18-16-36(50)54-11/h14-15,26-28,30H,16-25H2,1-13H3,(H,44,49)(H,45,51)(H,46,53)(H,47,48)/b31-27+. The highest BCUT2D eigenvalue weighted by Crippen LogP contribution is 2.40. The third-order valence-electron chi connectivity index (χ3n) is 8.85. The maximum atomic E-state index is 13.2. The van der Waals surface area contributed by atoms with Gasteiger partial charge in [0.1, 0.15) is 17.0 Å². The Kier molecular flexibility index (Phi) is 22.6. The van der Waals surface area contributed by atoms with E-state index in [1.807, 2.05) is 18.2 Å². The van der Waals surface area contributed by atoms with Gasteiger partial charge in [0, 0.05) is 25.2 Å². The summed E-state index contributed by atoms with van der Waals surface area (Å²) in [4.78, 5) is 74.3. The number of carbonyl (C=O) groups is 6. The molecule has 18 heteroatoms. The largest absolute Gasteiger partial charge is 0.542 e. The first kappa shape index (κ1) is 54.0. The van der Waals surface area contributed by atoms with Gasteiger partial charge in [-0.3, -0.25) is 24.0 Å². The van der Waals surface area contributed by atoms with Crippen LogP contribution >= 0.6 is 15.9 Å². The van der Waals surface area contributed by atoms with Crippen molar-refractivity contribution in [1.29, 1.82) is 0 Å². The van der Waals surface area contributed by atoms with E-state index < -0.39 is 55.4 Å². The first-order chi connectivity index (χ1) is 27.6. The smallest absolute Gasteiger partial charge is 0.407 e. The average molecular weight is 930 g/mol. The zero-order valence-electron chi connectivity index (χ0n) is 37.8. The van der Waals surface area contributed by atoms with Crippen molar-refractivity contribution < 1.29 is 56.9 Å². The Morgan fingerprint density at radius 1 is 0.817 bits per heavy atom. The van der Waals surface area contributed by atoms with Crippen LogP contribution in [0.3, 0.4) is 0 Å². The quantitative estimate of drug-likeness (QED) is 0.0313. The van der Waals surface area contributed by atoms with E-state index in [9.17, 15) is 28.8 Å². The third kappa shape index (κ3) is 23.1. The molecule has 1 aromatic carbocycles. The Labute approximate surface area is 365 Å². The number of hydrogen-bond donors (Lipinski definition) is 4. The number of rotatable bonds is 23. The van der Waals surface area contributed by atoms with Gasteiger partial charge in [-0.2, -0.15) is 0 Å². The van der Waals surface area contributed by atoms with E-state index in [0.29, 0.717) is 17.9 Å². The molecule has 2 unspecified atom stereocenters. The summed E-state index contributed by atoms with van der Waals surface area (Å²) in [6, 6.07) is 5.03. The number of anilines is 1. The minimum Gasteiger partial charge on any atom is -0.542 e. The lowest BCUT2D eigenvalue weighted by Crippen LogP contribution is -2.44. The summed E-state index contributed by atoms with van der Waals surface area (Å²) in [7, 11) is -1.07. The molecule has 0 aliphatic heterocycles. The molecule has 340 valence electrons. The number of hydrogen-bond acceptors (Lipinski definition) is 12. The molecule has 1 aromatic rings. The van der Waals surface area contributed by atoms with Crippen molar-refractivity contribution in [3.8, 4) is 5.75 Å². The molecule has 60 heavy (non-hydrogen) atoms. The van der Waals surface area contributed by atoms with Crippen molar-refractivity contribution in [2.24, 2.45) is 5.92 Å². The summed E-state index contributed by atoms with van der Waals surface area (Å²) >= 11 is 3.04. The number of benzene rings is 1. The zero-order chi connectivity index (χ0) is 45.9. The second-order valence-electron chi connectivity index (χ2n) is 17.8. The lowest BCUT2D eigenvalue weighted by molar-refractivity contribution is -0.159. The Hall–Kier alpha value is -4.00. The van der Waals surface area contributed by atoms with Crippen LogP contribution in [0.4, 0.5) is 10.5 Å². The van der Waals surface area contributed by atoms with Crippen molar-refractivity contribution >= 4 is 65.7 Å². The van der Waals surface area contributed by atoms with Crippen LogP contribution in [0.15, 0.2) is 28.8 Å². The molecule has 0 aliphatic rings. The summed E-state index contributed by atoms with van der Waals surface area (Å²) in [5.74, 6) is -2.20. The monoisotopic (exact) mass is 928 g/mol. The minimum atomic E-state index is -2.33. The first-order valence-electron chi connectivity index (χ1n) is 20.1. The Morgan fingerprint density at radius 3 is 2.02 bits per heavy atom. The molecule has 0 bridgehead atoms. The summed E-state index contributed by atoms with van der Waals surface area (Å²) < 4.78 is 33.4. The Morgan fingerprint density at radius 2 is 1.43 bits per heavy atom. The molecule has 4 N–H and O–H groups in total. The van der Waals surface area contributed by atoms with Gasteiger partial charge in [-0.1, -0.05) is 33.8 Å². The first-order valence-corrected chi connectivity index (χ1v) is 23.8. The number of esters is 2. The minimum absolute atomic E-state index is 0.00156. The Bertz CT molecular complexity index is 1630. The number of amides is 4. The summed E-state index contributed by atoms with van der Waals surface area (Å²) in [6.07, 6.45) is 1.14. The SMILES string of the molecule is COC(=O)CCNC(=O)/C(Br)=C\C(=O)NCCOCCOCCC(=O)Nc1cc(CC(CC(C)C(=O)OC(C)(C)C)NC(=O)OC(C)(C)C)ccc1O[Si](C)(C)C(C)(C)C.